The lowest BCUT2D eigenvalue weighted by Gasteiger charge is -2.16. The highest BCUT2D eigenvalue weighted by atomic mass is 32.1. The Morgan fingerprint density at radius 1 is 1.53 bits per heavy atom. The largest absolute Gasteiger partial charge is 0.309 e. The highest BCUT2D eigenvalue weighted by Crippen LogP contribution is 2.32. The molecule has 0 saturated heterocycles. The van der Waals surface area contributed by atoms with E-state index in [9.17, 15) is 4.39 Å². The molecule has 0 saturated carbocycles. The first-order valence-electron chi connectivity index (χ1n) is 6.65. The number of fused-ring (bicyclic) bond motifs is 1. The standard InChI is InChI=1S/C15H17FN2S/c1-10(15-17-6-7-19-15)9-18-14-5-2-11-8-12(16)3-4-13(11)14/h3-4,6-8,10,14,18H,2,5,9H2,1H3. The summed E-state index contributed by atoms with van der Waals surface area (Å²) in [6.45, 7) is 3.10. The van der Waals surface area contributed by atoms with Crippen molar-refractivity contribution in [1.82, 2.24) is 10.3 Å². The van der Waals surface area contributed by atoms with Gasteiger partial charge in [-0.3, -0.25) is 0 Å². The fourth-order valence-electron chi connectivity index (χ4n) is 2.68. The Hall–Kier alpha value is -1.26. The normalized spacial score (nSPS) is 19.4. The summed E-state index contributed by atoms with van der Waals surface area (Å²) in [6.07, 6.45) is 3.88. The summed E-state index contributed by atoms with van der Waals surface area (Å²) in [4.78, 5) is 4.35. The van der Waals surface area contributed by atoms with E-state index in [0.717, 1.165) is 24.9 Å². The maximum absolute atomic E-state index is 13.2. The summed E-state index contributed by atoms with van der Waals surface area (Å²) in [5.74, 6) is 0.292. The van der Waals surface area contributed by atoms with Gasteiger partial charge in [-0.25, -0.2) is 9.37 Å². The quantitative estimate of drug-likeness (QED) is 0.921. The number of hydrogen-bond donors (Lipinski definition) is 1. The maximum Gasteiger partial charge on any atom is 0.123 e. The number of thiazole rings is 1. The topological polar surface area (TPSA) is 24.9 Å². The number of rotatable bonds is 4. The summed E-state index contributed by atoms with van der Waals surface area (Å²) in [5.41, 5.74) is 2.41. The Bertz CT molecular complexity index is 553. The lowest BCUT2D eigenvalue weighted by Crippen LogP contribution is -2.24. The minimum absolute atomic E-state index is 0.129. The minimum Gasteiger partial charge on any atom is -0.309 e. The van der Waals surface area contributed by atoms with Crippen LogP contribution >= 0.6 is 11.3 Å². The molecule has 19 heavy (non-hydrogen) atoms. The molecule has 1 aliphatic carbocycles. The monoisotopic (exact) mass is 276 g/mol. The molecule has 1 aromatic carbocycles. The highest BCUT2D eigenvalue weighted by molar-refractivity contribution is 7.09. The predicted molar refractivity (Wildman–Crippen MR) is 76.0 cm³/mol. The van der Waals surface area contributed by atoms with Crippen molar-refractivity contribution in [3.63, 3.8) is 0 Å². The van der Waals surface area contributed by atoms with Crippen LogP contribution in [0.5, 0.6) is 0 Å². The number of hydrogen-bond acceptors (Lipinski definition) is 3. The Balaban J connectivity index is 1.64. The highest BCUT2D eigenvalue weighted by Gasteiger charge is 2.23. The van der Waals surface area contributed by atoms with E-state index < -0.39 is 0 Å². The van der Waals surface area contributed by atoms with Crippen molar-refractivity contribution in [2.24, 2.45) is 0 Å². The maximum atomic E-state index is 13.2. The molecule has 100 valence electrons. The molecule has 2 unspecified atom stereocenters. The van der Waals surface area contributed by atoms with Crippen molar-refractivity contribution >= 4 is 11.3 Å². The van der Waals surface area contributed by atoms with Gasteiger partial charge in [0, 0.05) is 30.1 Å². The molecule has 2 atom stereocenters. The third-order valence-corrected chi connectivity index (χ3v) is 4.73. The van der Waals surface area contributed by atoms with E-state index in [0.29, 0.717) is 12.0 Å². The number of aromatic nitrogens is 1. The molecular weight excluding hydrogens is 259 g/mol. The first kappa shape index (κ1) is 12.8. The van der Waals surface area contributed by atoms with E-state index in [2.05, 4.69) is 17.2 Å². The average Bonchev–Trinajstić information content (AvgIpc) is 3.05. The molecule has 4 heteroatoms. The van der Waals surface area contributed by atoms with Crippen LogP contribution in [0.4, 0.5) is 4.39 Å². The second-order valence-corrected chi connectivity index (χ2v) is 6.04. The van der Waals surface area contributed by atoms with Crippen LogP contribution in [0.15, 0.2) is 29.8 Å². The van der Waals surface area contributed by atoms with Crippen LogP contribution in [0, 0.1) is 5.82 Å². The van der Waals surface area contributed by atoms with Crippen LogP contribution < -0.4 is 5.32 Å². The van der Waals surface area contributed by atoms with Crippen LogP contribution in [-0.4, -0.2) is 11.5 Å². The molecule has 2 aromatic rings. The van der Waals surface area contributed by atoms with Crippen LogP contribution in [-0.2, 0) is 6.42 Å². The van der Waals surface area contributed by atoms with E-state index in [1.54, 1.807) is 23.5 Å². The van der Waals surface area contributed by atoms with Crippen molar-refractivity contribution < 1.29 is 4.39 Å². The van der Waals surface area contributed by atoms with Gasteiger partial charge in [-0.2, -0.15) is 0 Å². The van der Waals surface area contributed by atoms with E-state index in [4.69, 9.17) is 0 Å². The van der Waals surface area contributed by atoms with Gasteiger partial charge in [-0.1, -0.05) is 13.0 Å². The summed E-state index contributed by atoms with van der Waals surface area (Å²) in [5, 5.41) is 6.77. The van der Waals surface area contributed by atoms with E-state index >= 15 is 0 Å². The summed E-state index contributed by atoms with van der Waals surface area (Å²) >= 11 is 1.70. The van der Waals surface area contributed by atoms with Gasteiger partial charge in [0.25, 0.3) is 0 Å². The number of nitrogens with one attached hydrogen (secondary N) is 1. The fraction of sp³-hybridized carbons (Fsp3) is 0.400. The molecule has 1 N–H and O–H groups in total. The van der Waals surface area contributed by atoms with Gasteiger partial charge < -0.3 is 5.32 Å². The average molecular weight is 276 g/mol. The molecule has 1 heterocycles. The summed E-state index contributed by atoms with van der Waals surface area (Å²) < 4.78 is 13.2. The molecule has 1 aliphatic rings. The molecule has 0 spiro atoms. The van der Waals surface area contributed by atoms with Gasteiger partial charge in [0.05, 0.1) is 5.01 Å². The minimum atomic E-state index is -0.129. The second kappa shape index (κ2) is 5.39. The van der Waals surface area contributed by atoms with E-state index in [-0.39, 0.29) is 5.82 Å². The Labute approximate surface area is 116 Å². The summed E-state index contributed by atoms with van der Waals surface area (Å²) in [7, 11) is 0. The summed E-state index contributed by atoms with van der Waals surface area (Å²) in [6, 6.07) is 5.51. The number of aryl methyl sites for hydroxylation is 1. The number of halogens is 1. The molecular formula is C15H17FN2S. The van der Waals surface area contributed by atoms with E-state index in [1.807, 2.05) is 17.6 Å². The van der Waals surface area contributed by atoms with E-state index in [1.165, 1.54) is 10.6 Å². The van der Waals surface area contributed by atoms with Crippen molar-refractivity contribution in [2.45, 2.75) is 31.7 Å². The smallest absolute Gasteiger partial charge is 0.123 e. The van der Waals surface area contributed by atoms with Crippen LogP contribution in [0.1, 0.15) is 41.4 Å². The lowest BCUT2D eigenvalue weighted by molar-refractivity contribution is 0.503. The van der Waals surface area contributed by atoms with Gasteiger partial charge in [-0.15, -0.1) is 11.3 Å². The van der Waals surface area contributed by atoms with Gasteiger partial charge >= 0.3 is 0 Å². The molecule has 3 rings (SSSR count). The Kier molecular flexibility index (Phi) is 3.62. The fourth-order valence-corrected chi connectivity index (χ4v) is 3.38. The third-order valence-electron chi connectivity index (χ3n) is 3.73. The first-order valence-corrected chi connectivity index (χ1v) is 7.53. The second-order valence-electron chi connectivity index (χ2n) is 5.11. The Morgan fingerprint density at radius 2 is 2.42 bits per heavy atom. The van der Waals surface area contributed by atoms with Crippen molar-refractivity contribution in [3.8, 4) is 0 Å². The lowest BCUT2D eigenvalue weighted by atomic mass is 10.1. The molecule has 0 aliphatic heterocycles. The molecule has 2 nitrogen and oxygen atoms in total. The zero-order valence-corrected chi connectivity index (χ0v) is 11.7. The van der Waals surface area contributed by atoms with Gasteiger partial charge in [0.1, 0.15) is 5.82 Å². The van der Waals surface area contributed by atoms with Gasteiger partial charge in [0.15, 0.2) is 0 Å². The predicted octanol–water partition coefficient (Wildman–Crippen LogP) is 3.66. The number of nitrogens with zero attached hydrogens (tertiary/aromatic N) is 1. The van der Waals surface area contributed by atoms with Crippen LogP contribution in [0.3, 0.4) is 0 Å². The SMILES string of the molecule is CC(CNC1CCc2cc(F)ccc21)c1nccs1. The van der Waals surface area contributed by atoms with Gasteiger partial charge in [0.2, 0.25) is 0 Å². The van der Waals surface area contributed by atoms with Crippen molar-refractivity contribution in [1.29, 1.82) is 0 Å². The Morgan fingerprint density at radius 3 is 3.21 bits per heavy atom. The van der Waals surface area contributed by atoms with Crippen molar-refractivity contribution in [3.05, 3.63) is 51.7 Å². The van der Waals surface area contributed by atoms with Crippen molar-refractivity contribution in [2.75, 3.05) is 6.54 Å². The number of benzene rings is 1. The molecule has 1 aromatic heterocycles. The van der Waals surface area contributed by atoms with Gasteiger partial charge in [-0.05, 0) is 36.1 Å². The molecule has 0 radical (unpaired) electrons. The molecule has 0 amide bonds. The van der Waals surface area contributed by atoms with Crippen LogP contribution in [0.2, 0.25) is 0 Å². The molecule has 0 fully saturated rings. The molecule has 0 bridgehead atoms. The first-order chi connectivity index (χ1) is 9.24. The third kappa shape index (κ3) is 2.69. The zero-order valence-electron chi connectivity index (χ0n) is 10.9. The zero-order chi connectivity index (χ0) is 13.2. The van der Waals surface area contributed by atoms with Crippen LogP contribution in [0.25, 0.3) is 0 Å².